The number of aromatic nitrogens is 2. The van der Waals surface area contributed by atoms with Gasteiger partial charge in [0, 0.05) is 39.3 Å². The third kappa shape index (κ3) is 5.25. The molecular weight excluding hydrogens is 262 g/mol. The van der Waals surface area contributed by atoms with Crippen molar-refractivity contribution in [2.75, 3.05) is 44.2 Å². The minimum absolute atomic E-state index is 0.742. The van der Waals surface area contributed by atoms with Crippen LogP contribution in [0.3, 0.4) is 0 Å². The second-order valence-corrected chi connectivity index (χ2v) is 6.22. The second kappa shape index (κ2) is 8.29. The number of anilines is 1. The third-order valence-corrected chi connectivity index (χ3v) is 3.74. The zero-order chi connectivity index (χ0) is 15.1. The molecule has 0 bridgehead atoms. The first-order valence-electron chi connectivity index (χ1n) is 8.18. The van der Waals surface area contributed by atoms with E-state index in [9.17, 15) is 0 Å². The van der Waals surface area contributed by atoms with Gasteiger partial charge in [-0.15, -0.1) is 0 Å². The Bertz CT molecular complexity index is 396. The zero-order valence-corrected chi connectivity index (χ0v) is 13.7. The number of nitrogens with zero attached hydrogens (tertiary/aromatic N) is 4. The first-order chi connectivity index (χ1) is 10.2. The number of nitrogens with one attached hydrogen (secondary N) is 1. The average molecular weight is 291 g/mol. The minimum Gasteiger partial charge on any atom is -0.353 e. The molecule has 21 heavy (non-hydrogen) atoms. The molecule has 0 saturated carbocycles. The van der Waals surface area contributed by atoms with Crippen molar-refractivity contribution in [3.05, 3.63) is 18.1 Å². The number of rotatable bonds is 7. The predicted molar refractivity (Wildman–Crippen MR) is 87.5 cm³/mol. The van der Waals surface area contributed by atoms with Crippen LogP contribution in [0.25, 0.3) is 0 Å². The van der Waals surface area contributed by atoms with Crippen LogP contribution in [0, 0.1) is 5.92 Å². The van der Waals surface area contributed by atoms with Gasteiger partial charge in [-0.1, -0.05) is 20.8 Å². The van der Waals surface area contributed by atoms with E-state index in [-0.39, 0.29) is 0 Å². The molecule has 5 nitrogen and oxygen atoms in total. The van der Waals surface area contributed by atoms with E-state index in [0.717, 1.165) is 63.1 Å². The van der Waals surface area contributed by atoms with Crippen LogP contribution in [0.2, 0.25) is 0 Å². The molecule has 2 heterocycles. The van der Waals surface area contributed by atoms with Crippen molar-refractivity contribution in [2.45, 2.75) is 33.7 Å². The summed E-state index contributed by atoms with van der Waals surface area (Å²) in [5.74, 6) is 1.75. The van der Waals surface area contributed by atoms with E-state index in [1.165, 1.54) is 6.54 Å². The highest BCUT2D eigenvalue weighted by Crippen LogP contribution is 2.13. The summed E-state index contributed by atoms with van der Waals surface area (Å²) in [7, 11) is 0. The van der Waals surface area contributed by atoms with Crippen molar-refractivity contribution in [2.24, 2.45) is 5.92 Å². The molecule has 0 aliphatic carbocycles. The molecule has 1 aliphatic rings. The van der Waals surface area contributed by atoms with Crippen molar-refractivity contribution in [3.63, 3.8) is 0 Å². The van der Waals surface area contributed by atoms with E-state index in [2.05, 4.69) is 45.9 Å². The molecule has 0 unspecified atom stereocenters. The lowest BCUT2D eigenvalue weighted by molar-refractivity contribution is 0.231. The van der Waals surface area contributed by atoms with Crippen LogP contribution < -0.4 is 10.2 Å². The largest absolute Gasteiger partial charge is 0.353 e. The predicted octanol–water partition coefficient (Wildman–Crippen LogP) is 1.75. The van der Waals surface area contributed by atoms with Gasteiger partial charge < -0.3 is 10.2 Å². The maximum absolute atomic E-state index is 4.57. The monoisotopic (exact) mass is 291 g/mol. The summed E-state index contributed by atoms with van der Waals surface area (Å²) in [5, 5.41) is 3.35. The van der Waals surface area contributed by atoms with Crippen LogP contribution in [0.1, 0.15) is 32.9 Å². The van der Waals surface area contributed by atoms with Crippen LogP contribution in [-0.4, -0.2) is 54.1 Å². The van der Waals surface area contributed by atoms with E-state index < -0.39 is 0 Å². The Morgan fingerprint density at radius 1 is 1.14 bits per heavy atom. The lowest BCUT2D eigenvalue weighted by atomic mass is 10.2. The molecule has 5 heteroatoms. The maximum atomic E-state index is 4.57. The Kier molecular flexibility index (Phi) is 6.39. The molecule has 2 rings (SSSR count). The highest BCUT2D eigenvalue weighted by molar-refractivity contribution is 5.36. The topological polar surface area (TPSA) is 44.3 Å². The fourth-order valence-electron chi connectivity index (χ4n) is 2.67. The third-order valence-electron chi connectivity index (χ3n) is 3.74. The Morgan fingerprint density at radius 2 is 1.90 bits per heavy atom. The highest BCUT2D eigenvalue weighted by Gasteiger charge is 2.18. The molecular formula is C16H29N5. The summed E-state index contributed by atoms with van der Waals surface area (Å²) in [5.41, 5.74) is 1.02. The van der Waals surface area contributed by atoms with Gasteiger partial charge in [0.2, 0.25) is 0 Å². The quantitative estimate of drug-likeness (QED) is 0.776. The molecule has 1 saturated heterocycles. The maximum Gasteiger partial charge on any atom is 0.147 e. The van der Waals surface area contributed by atoms with Crippen LogP contribution in [-0.2, 0) is 6.54 Å². The summed E-state index contributed by atoms with van der Waals surface area (Å²) >= 11 is 0. The van der Waals surface area contributed by atoms with Gasteiger partial charge in [-0.2, -0.15) is 0 Å². The second-order valence-electron chi connectivity index (χ2n) is 6.22. The SMILES string of the molecule is CCCNCc1cnc(N2CCN(CC(C)C)CC2)cn1. The Hall–Kier alpha value is -1.20. The van der Waals surface area contributed by atoms with Crippen molar-refractivity contribution >= 4 is 5.82 Å². The van der Waals surface area contributed by atoms with Gasteiger partial charge in [0.1, 0.15) is 5.82 Å². The van der Waals surface area contributed by atoms with E-state index in [1.807, 2.05) is 12.4 Å². The number of hydrogen-bond acceptors (Lipinski definition) is 5. The van der Waals surface area contributed by atoms with Crippen LogP contribution in [0.5, 0.6) is 0 Å². The number of piperazine rings is 1. The fraction of sp³-hybridized carbons (Fsp3) is 0.750. The van der Waals surface area contributed by atoms with Crippen LogP contribution in [0.4, 0.5) is 5.82 Å². The van der Waals surface area contributed by atoms with Crippen molar-refractivity contribution in [1.29, 1.82) is 0 Å². The van der Waals surface area contributed by atoms with Gasteiger partial charge in [-0.05, 0) is 18.9 Å². The summed E-state index contributed by atoms with van der Waals surface area (Å²) in [6.07, 6.45) is 4.96. The van der Waals surface area contributed by atoms with Gasteiger partial charge in [0.15, 0.2) is 0 Å². The van der Waals surface area contributed by atoms with Crippen LogP contribution in [0.15, 0.2) is 12.4 Å². The smallest absolute Gasteiger partial charge is 0.147 e. The Labute approximate surface area is 128 Å². The Balaban J connectivity index is 1.80. The Morgan fingerprint density at radius 3 is 2.48 bits per heavy atom. The molecule has 0 amide bonds. The molecule has 0 spiro atoms. The van der Waals surface area contributed by atoms with Gasteiger partial charge in [0.05, 0.1) is 18.1 Å². The summed E-state index contributed by atoms with van der Waals surface area (Å²) in [4.78, 5) is 14.0. The molecule has 0 radical (unpaired) electrons. The molecule has 1 aromatic rings. The first kappa shape index (κ1) is 16.2. The van der Waals surface area contributed by atoms with Gasteiger partial charge in [0.25, 0.3) is 0 Å². The van der Waals surface area contributed by atoms with Crippen molar-refractivity contribution in [1.82, 2.24) is 20.2 Å². The first-order valence-corrected chi connectivity index (χ1v) is 8.18. The summed E-state index contributed by atoms with van der Waals surface area (Å²) in [6.45, 7) is 14.1. The van der Waals surface area contributed by atoms with Gasteiger partial charge in [-0.25, -0.2) is 4.98 Å². The normalized spacial score (nSPS) is 16.7. The standard InChI is InChI=1S/C16H29N5/c1-4-5-17-10-15-11-19-16(12-18-15)21-8-6-20(7-9-21)13-14(2)3/h11-12,14,17H,4-10,13H2,1-3H3. The number of hydrogen-bond donors (Lipinski definition) is 1. The van der Waals surface area contributed by atoms with Gasteiger partial charge >= 0.3 is 0 Å². The summed E-state index contributed by atoms with van der Waals surface area (Å²) < 4.78 is 0. The van der Waals surface area contributed by atoms with Crippen LogP contribution >= 0.6 is 0 Å². The molecule has 0 aromatic carbocycles. The van der Waals surface area contributed by atoms with Crippen molar-refractivity contribution in [3.8, 4) is 0 Å². The summed E-state index contributed by atoms with van der Waals surface area (Å²) in [6, 6.07) is 0. The molecule has 1 aromatic heterocycles. The molecule has 118 valence electrons. The molecule has 1 fully saturated rings. The average Bonchev–Trinajstić information content (AvgIpc) is 2.49. The van der Waals surface area contributed by atoms with E-state index >= 15 is 0 Å². The lowest BCUT2D eigenvalue weighted by Crippen LogP contribution is -2.47. The van der Waals surface area contributed by atoms with E-state index in [0.29, 0.717) is 0 Å². The van der Waals surface area contributed by atoms with E-state index in [1.54, 1.807) is 0 Å². The highest BCUT2D eigenvalue weighted by atomic mass is 15.3. The molecule has 0 atom stereocenters. The minimum atomic E-state index is 0.742. The molecule has 1 N–H and O–H groups in total. The zero-order valence-electron chi connectivity index (χ0n) is 13.7. The van der Waals surface area contributed by atoms with Gasteiger partial charge in [-0.3, -0.25) is 9.88 Å². The molecule has 1 aliphatic heterocycles. The fourth-order valence-corrected chi connectivity index (χ4v) is 2.67. The van der Waals surface area contributed by atoms with E-state index in [4.69, 9.17) is 0 Å². The lowest BCUT2D eigenvalue weighted by Gasteiger charge is -2.36. The van der Waals surface area contributed by atoms with Crippen molar-refractivity contribution < 1.29 is 0 Å².